The molecule has 15 heavy (non-hydrogen) atoms. The van der Waals surface area contributed by atoms with E-state index in [2.05, 4.69) is 0 Å². The molecule has 2 N–H and O–H groups in total. The Morgan fingerprint density at radius 2 is 1.60 bits per heavy atom. The predicted octanol–water partition coefficient (Wildman–Crippen LogP) is 3.16. The van der Waals surface area contributed by atoms with Crippen LogP contribution in [-0.2, 0) is 5.67 Å². The lowest BCUT2D eigenvalue weighted by atomic mass is 9.73. The van der Waals surface area contributed by atoms with Crippen molar-refractivity contribution < 1.29 is 4.39 Å². The molecule has 1 nitrogen and oxygen atoms in total. The summed E-state index contributed by atoms with van der Waals surface area (Å²) in [5.74, 6) is 0. The minimum atomic E-state index is -1.39. The van der Waals surface area contributed by atoms with Gasteiger partial charge in [-0.15, -0.1) is 0 Å². The molecule has 0 heterocycles. The van der Waals surface area contributed by atoms with Crippen molar-refractivity contribution in [2.24, 2.45) is 11.1 Å². The van der Waals surface area contributed by atoms with Crippen LogP contribution < -0.4 is 5.73 Å². The molecule has 0 radical (unpaired) electrons. The van der Waals surface area contributed by atoms with Gasteiger partial charge in [-0.2, -0.15) is 0 Å². The molecule has 0 bridgehead atoms. The molecule has 0 saturated heterocycles. The van der Waals surface area contributed by atoms with Crippen LogP contribution in [0.25, 0.3) is 0 Å². The summed E-state index contributed by atoms with van der Waals surface area (Å²) in [6.45, 7) is 7.63. The zero-order valence-corrected chi connectivity index (χ0v) is 9.97. The van der Waals surface area contributed by atoms with Crippen LogP contribution in [0.5, 0.6) is 0 Å². The zero-order valence-electron chi connectivity index (χ0n) is 9.97. The van der Waals surface area contributed by atoms with E-state index in [-0.39, 0.29) is 0 Å². The van der Waals surface area contributed by atoms with Crippen molar-refractivity contribution in [3.63, 3.8) is 0 Å². The van der Waals surface area contributed by atoms with Gasteiger partial charge in [0, 0.05) is 12.0 Å². The van der Waals surface area contributed by atoms with E-state index in [0.29, 0.717) is 12.1 Å². The molecular weight excluding hydrogens is 189 g/mol. The first-order valence-electron chi connectivity index (χ1n) is 5.27. The standard InChI is InChI=1S/C13H20FN/c1-10-5-7-11(8-6-10)13(4,14)12(2,3)9-15/h5-8H,9,15H2,1-4H3. The van der Waals surface area contributed by atoms with Crippen LogP contribution in [0.3, 0.4) is 0 Å². The Morgan fingerprint density at radius 1 is 1.13 bits per heavy atom. The van der Waals surface area contributed by atoms with Crippen molar-refractivity contribution >= 4 is 0 Å². The fraction of sp³-hybridized carbons (Fsp3) is 0.538. The molecule has 0 amide bonds. The van der Waals surface area contributed by atoms with Gasteiger partial charge in [-0.3, -0.25) is 0 Å². The van der Waals surface area contributed by atoms with Crippen molar-refractivity contribution in [3.8, 4) is 0 Å². The molecule has 0 saturated carbocycles. The third-order valence-corrected chi connectivity index (χ3v) is 3.37. The molecular formula is C13H20FN. The molecule has 0 fully saturated rings. The lowest BCUT2D eigenvalue weighted by Crippen LogP contribution is -2.41. The van der Waals surface area contributed by atoms with Gasteiger partial charge >= 0.3 is 0 Å². The van der Waals surface area contributed by atoms with Crippen LogP contribution in [0.2, 0.25) is 0 Å². The minimum Gasteiger partial charge on any atom is -0.330 e. The molecule has 0 aliphatic carbocycles. The van der Waals surface area contributed by atoms with Crippen LogP contribution in [0.1, 0.15) is 31.9 Å². The summed E-state index contributed by atoms with van der Waals surface area (Å²) in [6, 6.07) is 7.54. The van der Waals surface area contributed by atoms with Gasteiger partial charge in [0.05, 0.1) is 0 Å². The Bertz CT molecular complexity index is 325. The third kappa shape index (κ3) is 2.20. The Labute approximate surface area is 91.5 Å². The first-order valence-corrected chi connectivity index (χ1v) is 5.27. The van der Waals surface area contributed by atoms with Crippen LogP contribution in [-0.4, -0.2) is 6.54 Å². The van der Waals surface area contributed by atoms with Crippen LogP contribution in [0.4, 0.5) is 4.39 Å². The number of hydrogen-bond donors (Lipinski definition) is 1. The number of aryl methyl sites for hydroxylation is 1. The second-order valence-electron chi connectivity index (χ2n) is 4.96. The Kier molecular flexibility index (Phi) is 3.19. The van der Waals surface area contributed by atoms with Gasteiger partial charge in [0.25, 0.3) is 0 Å². The molecule has 0 aromatic heterocycles. The van der Waals surface area contributed by atoms with E-state index in [1.165, 1.54) is 0 Å². The monoisotopic (exact) mass is 209 g/mol. The minimum absolute atomic E-state index is 0.327. The van der Waals surface area contributed by atoms with Gasteiger partial charge in [-0.05, 0) is 19.4 Å². The lowest BCUT2D eigenvalue weighted by molar-refractivity contribution is 0.0372. The molecule has 0 spiro atoms. The first kappa shape index (κ1) is 12.2. The Hall–Kier alpha value is -0.890. The molecule has 0 aliphatic heterocycles. The SMILES string of the molecule is Cc1ccc(C(C)(F)C(C)(C)CN)cc1. The van der Waals surface area contributed by atoms with Crippen molar-refractivity contribution in [1.82, 2.24) is 0 Å². The summed E-state index contributed by atoms with van der Waals surface area (Å²) in [7, 11) is 0. The number of nitrogens with two attached hydrogens (primary N) is 1. The Morgan fingerprint density at radius 3 is 2.00 bits per heavy atom. The lowest BCUT2D eigenvalue weighted by Gasteiger charge is -2.37. The number of alkyl halides is 1. The molecule has 1 aromatic rings. The summed E-state index contributed by atoms with van der Waals surface area (Å²) in [5.41, 5.74) is 5.51. The van der Waals surface area contributed by atoms with Crippen LogP contribution in [0, 0.1) is 12.3 Å². The van der Waals surface area contributed by atoms with Crippen LogP contribution >= 0.6 is 0 Å². The molecule has 1 atom stereocenters. The van der Waals surface area contributed by atoms with Crippen molar-refractivity contribution in [2.45, 2.75) is 33.4 Å². The number of rotatable bonds is 3. The molecule has 1 unspecified atom stereocenters. The highest BCUT2D eigenvalue weighted by atomic mass is 19.1. The highest BCUT2D eigenvalue weighted by molar-refractivity contribution is 5.28. The van der Waals surface area contributed by atoms with E-state index in [4.69, 9.17) is 5.73 Å². The second kappa shape index (κ2) is 3.93. The summed E-state index contributed by atoms with van der Waals surface area (Å²) in [4.78, 5) is 0. The smallest absolute Gasteiger partial charge is 0.139 e. The summed E-state index contributed by atoms with van der Waals surface area (Å²) in [5, 5.41) is 0. The summed E-state index contributed by atoms with van der Waals surface area (Å²) in [6.07, 6.45) is 0. The zero-order chi connectivity index (χ0) is 11.7. The molecule has 2 heteroatoms. The van der Waals surface area contributed by atoms with Crippen molar-refractivity contribution in [1.29, 1.82) is 0 Å². The van der Waals surface area contributed by atoms with E-state index < -0.39 is 11.1 Å². The highest BCUT2D eigenvalue weighted by Gasteiger charge is 2.41. The van der Waals surface area contributed by atoms with E-state index in [1.807, 2.05) is 45.0 Å². The van der Waals surface area contributed by atoms with Gasteiger partial charge in [0.1, 0.15) is 5.67 Å². The van der Waals surface area contributed by atoms with Gasteiger partial charge < -0.3 is 5.73 Å². The van der Waals surface area contributed by atoms with Gasteiger partial charge in [0.2, 0.25) is 0 Å². The average Bonchev–Trinajstić information content (AvgIpc) is 2.18. The topological polar surface area (TPSA) is 26.0 Å². The average molecular weight is 209 g/mol. The van der Waals surface area contributed by atoms with Crippen LogP contribution in [0.15, 0.2) is 24.3 Å². The van der Waals surface area contributed by atoms with E-state index in [0.717, 1.165) is 5.56 Å². The predicted molar refractivity (Wildman–Crippen MR) is 62.5 cm³/mol. The maximum atomic E-state index is 14.7. The largest absolute Gasteiger partial charge is 0.330 e. The van der Waals surface area contributed by atoms with Gasteiger partial charge in [-0.25, -0.2) is 4.39 Å². The maximum absolute atomic E-state index is 14.7. The number of hydrogen-bond acceptors (Lipinski definition) is 1. The van der Waals surface area contributed by atoms with E-state index in [9.17, 15) is 4.39 Å². The molecule has 1 rings (SSSR count). The van der Waals surface area contributed by atoms with Gasteiger partial charge in [0.15, 0.2) is 0 Å². The summed E-state index contributed by atoms with van der Waals surface area (Å²) < 4.78 is 14.7. The fourth-order valence-electron chi connectivity index (χ4n) is 1.45. The quantitative estimate of drug-likeness (QED) is 0.813. The van der Waals surface area contributed by atoms with Crippen molar-refractivity contribution in [2.75, 3.05) is 6.54 Å². The summed E-state index contributed by atoms with van der Waals surface area (Å²) >= 11 is 0. The van der Waals surface area contributed by atoms with Crippen molar-refractivity contribution in [3.05, 3.63) is 35.4 Å². The number of halogens is 1. The number of benzene rings is 1. The normalized spacial score (nSPS) is 16.1. The highest BCUT2D eigenvalue weighted by Crippen LogP contribution is 2.42. The molecule has 0 aliphatic rings. The third-order valence-electron chi connectivity index (χ3n) is 3.37. The van der Waals surface area contributed by atoms with E-state index >= 15 is 0 Å². The van der Waals surface area contributed by atoms with E-state index in [1.54, 1.807) is 6.92 Å². The molecule has 84 valence electrons. The first-order chi connectivity index (χ1) is 6.81. The van der Waals surface area contributed by atoms with Gasteiger partial charge in [-0.1, -0.05) is 43.7 Å². The fourth-order valence-corrected chi connectivity index (χ4v) is 1.45. The Balaban J connectivity index is 3.10. The second-order valence-corrected chi connectivity index (χ2v) is 4.96. The maximum Gasteiger partial charge on any atom is 0.139 e. The molecule has 1 aromatic carbocycles.